The zero-order valence-corrected chi connectivity index (χ0v) is 10.5. The van der Waals surface area contributed by atoms with Gasteiger partial charge in [0, 0.05) is 29.8 Å². The third-order valence-corrected chi connectivity index (χ3v) is 4.24. The molecule has 2 heterocycles. The Kier molecular flexibility index (Phi) is 3.23. The second-order valence-corrected chi connectivity index (χ2v) is 6.44. The van der Waals surface area contributed by atoms with Crippen LogP contribution in [0.5, 0.6) is 0 Å². The Morgan fingerprint density at radius 3 is 3.06 bits per heavy atom. The van der Waals surface area contributed by atoms with Crippen molar-refractivity contribution in [2.45, 2.75) is 25.0 Å². The molecule has 1 aliphatic rings. The largest absolute Gasteiger partial charge is 0.338 e. The van der Waals surface area contributed by atoms with Gasteiger partial charge in [0.15, 0.2) is 0 Å². The van der Waals surface area contributed by atoms with Crippen LogP contribution in [0.1, 0.15) is 30.6 Å². The van der Waals surface area contributed by atoms with Crippen molar-refractivity contribution in [3.05, 3.63) is 18.0 Å². The van der Waals surface area contributed by atoms with E-state index in [-0.39, 0.29) is 10.7 Å². The van der Waals surface area contributed by atoms with Crippen LogP contribution in [0, 0.1) is 0 Å². The fourth-order valence-electron chi connectivity index (χ4n) is 1.77. The number of thioether (sulfide) groups is 1. The molecule has 1 N–H and O–H groups in total. The van der Waals surface area contributed by atoms with E-state index in [1.165, 1.54) is 0 Å². The molecule has 1 saturated heterocycles. The number of amides is 1. The van der Waals surface area contributed by atoms with E-state index in [1.54, 1.807) is 12.4 Å². The van der Waals surface area contributed by atoms with Gasteiger partial charge in [0.2, 0.25) is 0 Å². The molecule has 4 nitrogen and oxygen atoms in total. The fourth-order valence-corrected chi connectivity index (χ4v) is 2.87. The van der Waals surface area contributed by atoms with E-state index < -0.39 is 0 Å². The van der Waals surface area contributed by atoms with E-state index >= 15 is 0 Å². The summed E-state index contributed by atoms with van der Waals surface area (Å²) in [5.74, 6) is 1.10. The molecule has 0 aromatic carbocycles. The van der Waals surface area contributed by atoms with Gasteiger partial charge in [0.25, 0.3) is 5.91 Å². The Bertz CT molecular complexity index is 361. The van der Waals surface area contributed by atoms with Gasteiger partial charge in [-0.3, -0.25) is 9.89 Å². The molecule has 1 fully saturated rings. The van der Waals surface area contributed by atoms with Crippen molar-refractivity contribution in [3.8, 4) is 0 Å². The molecule has 0 spiro atoms. The highest BCUT2D eigenvalue weighted by Crippen LogP contribution is 2.30. The number of aromatic amines is 1. The van der Waals surface area contributed by atoms with Gasteiger partial charge in [-0.1, -0.05) is 13.8 Å². The molecule has 1 amide bonds. The van der Waals surface area contributed by atoms with Crippen molar-refractivity contribution in [3.63, 3.8) is 0 Å². The molecule has 0 unspecified atom stereocenters. The molecular formula is C11H17N3OS. The van der Waals surface area contributed by atoms with Crippen LogP contribution in [0.25, 0.3) is 0 Å². The maximum Gasteiger partial charge on any atom is 0.257 e. The number of nitrogens with zero attached hydrogens (tertiary/aromatic N) is 2. The van der Waals surface area contributed by atoms with Crippen LogP contribution in [0.15, 0.2) is 12.4 Å². The topological polar surface area (TPSA) is 49.0 Å². The molecule has 1 aliphatic heterocycles. The predicted octanol–water partition coefficient (Wildman–Crippen LogP) is 1.77. The summed E-state index contributed by atoms with van der Waals surface area (Å²) in [7, 11) is 0. The molecule has 0 aliphatic carbocycles. The van der Waals surface area contributed by atoms with Crippen molar-refractivity contribution in [1.29, 1.82) is 0 Å². The van der Waals surface area contributed by atoms with E-state index in [0.717, 1.165) is 25.3 Å². The second kappa shape index (κ2) is 4.49. The summed E-state index contributed by atoms with van der Waals surface area (Å²) >= 11 is 1.94. The maximum absolute atomic E-state index is 12.1. The van der Waals surface area contributed by atoms with Crippen LogP contribution >= 0.6 is 11.8 Å². The first-order chi connectivity index (χ1) is 7.58. The molecule has 5 heteroatoms. The van der Waals surface area contributed by atoms with Gasteiger partial charge in [-0.05, 0) is 6.42 Å². The molecule has 0 radical (unpaired) electrons. The lowest BCUT2D eigenvalue weighted by Crippen LogP contribution is -2.33. The van der Waals surface area contributed by atoms with Crippen molar-refractivity contribution >= 4 is 17.7 Å². The summed E-state index contributed by atoms with van der Waals surface area (Å²) in [6.45, 7) is 6.15. The van der Waals surface area contributed by atoms with E-state index in [4.69, 9.17) is 0 Å². The third-order valence-electron chi connectivity index (χ3n) is 2.87. The fraction of sp³-hybridized carbons (Fsp3) is 0.636. The minimum absolute atomic E-state index is 0.0899. The average Bonchev–Trinajstić information content (AvgIpc) is 2.69. The number of carbonyl (C=O) groups is 1. The molecule has 1 aromatic heterocycles. The quantitative estimate of drug-likeness (QED) is 0.812. The maximum atomic E-state index is 12.1. The standard InChI is InChI=1S/C11H17N3OS/c1-11(2)3-4-14(5-6-16-11)10(15)9-7-12-13-8-9/h7-8H,3-6H2,1-2H3,(H,12,13). The molecule has 0 saturated carbocycles. The van der Waals surface area contributed by atoms with Gasteiger partial charge in [-0.2, -0.15) is 16.9 Å². The Balaban J connectivity index is 2.03. The summed E-state index contributed by atoms with van der Waals surface area (Å²) in [5, 5.41) is 6.49. The summed E-state index contributed by atoms with van der Waals surface area (Å²) in [6.07, 6.45) is 4.29. The van der Waals surface area contributed by atoms with Gasteiger partial charge < -0.3 is 4.90 Å². The molecule has 2 rings (SSSR count). The summed E-state index contributed by atoms with van der Waals surface area (Å²) < 4.78 is 0.283. The number of hydrogen-bond acceptors (Lipinski definition) is 3. The average molecular weight is 239 g/mol. The van der Waals surface area contributed by atoms with Crippen molar-refractivity contribution in [2.24, 2.45) is 0 Å². The van der Waals surface area contributed by atoms with Crippen molar-refractivity contribution in [2.75, 3.05) is 18.8 Å². The Hall–Kier alpha value is -0.970. The van der Waals surface area contributed by atoms with E-state index in [1.807, 2.05) is 16.7 Å². The lowest BCUT2D eigenvalue weighted by atomic mass is 10.1. The molecule has 88 valence electrons. The van der Waals surface area contributed by atoms with Crippen LogP contribution in [-0.4, -0.2) is 44.6 Å². The van der Waals surface area contributed by atoms with Gasteiger partial charge >= 0.3 is 0 Å². The highest BCUT2D eigenvalue weighted by molar-refractivity contribution is 8.00. The van der Waals surface area contributed by atoms with Gasteiger partial charge in [-0.15, -0.1) is 0 Å². The summed E-state index contributed by atoms with van der Waals surface area (Å²) in [5.41, 5.74) is 0.657. The summed E-state index contributed by atoms with van der Waals surface area (Å²) in [4.78, 5) is 14.0. The third kappa shape index (κ3) is 2.58. The smallest absolute Gasteiger partial charge is 0.257 e. The first-order valence-corrected chi connectivity index (χ1v) is 6.49. The van der Waals surface area contributed by atoms with E-state index in [2.05, 4.69) is 24.0 Å². The number of H-pyrrole nitrogens is 1. The van der Waals surface area contributed by atoms with Crippen LogP contribution in [-0.2, 0) is 0 Å². The number of aromatic nitrogens is 2. The van der Waals surface area contributed by atoms with Gasteiger partial charge in [0.1, 0.15) is 0 Å². The monoisotopic (exact) mass is 239 g/mol. The molecule has 0 atom stereocenters. The SMILES string of the molecule is CC1(C)CCN(C(=O)c2cn[nH]c2)CCS1. The second-order valence-electron chi connectivity index (χ2n) is 4.64. The highest BCUT2D eigenvalue weighted by atomic mass is 32.2. The number of hydrogen-bond donors (Lipinski definition) is 1. The number of carbonyl (C=O) groups excluding carboxylic acids is 1. The predicted molar refractivity (Wildman–Crippen MR) is 65.6 cm³/mol. The lowest BCUT2D eigenvalue weighted by molar-refractivity contribution is 0.0764. The van der Waals surface area contributed by atoms with Crippen LogP contribution < -0.4 is 0 Å². The van der Waals surface area contributed by atoms with Gasteiger partial charge in [0.05, 0.1) is 11.8 Å². The zero-order valence-electron chi connectivity index (χ0n) is 9.69. The van der Waals surface area contributed by atoms with Gasteiger partial charge in [-0.25, -0.2) is 0 Å². The normalized spacial score (nSPS) is 20.5. The number of nitrogens with one attached hydrogen (secondary N) is 1. The van der Waals surface area contributed by atoms with Crippen LogP contribution in [0.2, 0.25) is 0 Å². The molecule has 0 bridgehead atoms. The molecule has 1 aromatic rings. The van der Waals surface area contributed by atoms with Crippen LogP contribution in [0.4, 0.5) is 0 Å². The van der Waals surface area contributed by atoms with E-state index in [0.29, 0.717) is 5.56 Å². The Labute approximate surface area is 99.8 Å². The van der Waals surface area contributed by atoms with E-state index in [9.17, 15) is 4.79 Å². The number of rotatable bonds is 1. The zero-order chi connectivity index (χ0) is 11.6. The van der Waals surface area contributed by atoms with Crippen molar-refractivity contribution < 1.29 is 4.79 Å². The lowest BCUT2D eigenvalue weighted by Gasteiger charge is -2.22. The Morgan fingerprint density at radius 1 is 1.56 bits per heavy atom. The molecule has 16 heavy (non-hydrogen) atoms. The first kappa shape index (κ1) is 11.5. The Morgan fingerprint density at radius 2 is 2.38 bits per heavy atom. The van der Waals surface area contributed by atoms with Crippen LogP contribution in [0.3, 0.4) is 0 Å². The first-order valence-electron chi connectivity index (χ1n) is 5.50. The minimum Gasteiger partial charge on any atom is -0.338 e. The summed E-state index contributed by atoms with van der Waals surface area (Å²) in [6, 6.07) is 0. The highest BCUT2D eigenvalue weighted by Gasteiger charge is 2.26. The minimum atomic E-state index is 0.0899. The molecular weight excluding hydrogens is 222 g/mol. The van der Waals surface area contributed by atoms with Crippen molar-refractivity contribution in [1.82, 2.24) is 15.1 Å².